The molecular formula is C13H20N4O. The van der Waals surface area contributed by atoms with Gasteiger partial charge in [0.25, 0.3) is 5.91 Å². The van der Waals surface area contributed by atoms with Gasteiger partial charge in [0.15, 0.2) is 0 Å². The number of nitrogens with two attached hydrogens (primary N) is 1. The molecule has 1 aromatic rings. The summed E-state index contributed by atoms with van der Waals surface area (Å²) in [6.45, 7) is 4.15. The van der Waals surface area contributed by atoms with Crippen molar-refractivity contribution in [2.45, 2.75) is 19.3 Å². The number of aromatic nitrogens is 1. The van der Waals surface area contributed by atoms with E-state index in [9.17, 15) is 4.79 Å². The molecule has 1 aliphatic heterocycles. The van der Waals surface area contributed by atoms with Crippen LogP contribution in [0, 0.1) is 0 Å². The molecule has 98 valence electrons. The van der Waals surface area contributed by atoms with Crippen LogP contribution in [0.25, 0.3) is 0 Å². The number of anilines is 1. The third kappa shape index (κ3) is 3.43. The molecule has 0 spiro atoms. The molecule has 2 rings (SSSR count). The number of nitrogens with zero attached hydrogens (tertiary/aromatic N) is 2. The Kier molecular flexibility index (Phi) is 4.52. The Balaban J connectivity index is 1.70. The zero-order valence-corrected chi connectivity index (χ0v) is 10.6. The van der Waals surface area contributed by atoms with Gasteiger partial charge in [-0.15, -0.1) is 0 Å². The van der Waals surface area contributed by atoms with E-state index < -0.39 is 0 Å². The first-order valence-corrected chi connectivity index (χ1v) is 6.47. The van der Waals surface area contributed by atoms with Crippen LogP contribution in [0.3, 0.4) is 0 Å². The molecule has 0 saturated carbocycles. The first-order valence-electron chi connectivity index (χ1n) is 6.47. The average molecular weight is 248 g/mol. The summed E-state index contributed by atoms with van der Waals surface area (Å²) in [5.41, 5.74) is 6.62. The molecule has 5 nitrogen and oxygen atoms in total. The van der Waals surface area contributed by atoms with E-state index in [0.29, 0.717) is 17.8 Å². The van der Waals surface area contributed by atoms with Crippen LogP contribution in [0.4, 0.5) is 5.69 Å². The van der Waals surface area contributed by atoms with Gasteiger partial charge in [-0.3, -0.25) is 9.78 Å². The van der Waals surface area contributed by atoms with Crippen molar-refractivity contribution in [3.8, 4) is 0 Å². The van der Waals surface area contributed by atoms with E-state index in [1.165, 1.54) is 32.1 Å². The highest BCUT2D eigenvalue weighted by Crippen LogP contribution is 2.09. The highest BCUT2D eigenvalue weighted by atomic mass is 16.1. The maximum atomic E-state index is 11.8. The smallest absolute Gasteiger partial charge is 0.253 e. The van der Waals surface area contributed by atoms with Crippen molar-refractivity contribution in [2.24, 2.45) is 0 Å². The molecule has 1 aromatic heterocycles. The minimum Gasteiger partial charge on any atom is -0.397 e. The highest BCUT2D eigenvalue weighted by Gasteiger charge is 2.11. The number of nitrogens with one attached hydrogen (secondary N) is 1. The predicted octanol–water partition coefficient (Wildman–Crippen LogP) is 0.879. The van der Waals surface area contributed by atoms with E-state index in [1.807, 2.05) is 0 Å². The van der Waals surface area contributed by atoms with E-state index in [1.54, 1.807) is 12.3 Å². The molecular weight excluding hydrogens is 228 g/mol. The van der Waals surface area contributed by atoms with Gasteiger partial charge in [-0.05, 0) is 45.0 Å². The number of hydrogen-bond donors (Lipinski definition) is 2. The van der Waals surface area contributed by atoms with Gasteiger partial charge in [0.1, 0.15) is 0 Å². The molecule has 0 aromatic carbocycles. The molecule has 0 aliphatic carbocycles. The van der Waals surface area contributed by atoms with Crippen molar-refractivity contribution in [3.63, 3.8) is 0 Å². The van der Waals surface area contributed by atoms with Gasteiger partial charge in [-0.25, -0.2) is 0 Å². The Morgan fingerprint density at radius 1 is 1.44 bits per heavy atom. The third-order valence-corrected chi connectivity index (χ3v) is 3.23. The van der Waals surface area contributed by atoms with Crippen LogP contribution in [-0.2, 0) is 0 Å². The topological polar surface area (TPSA) is 71.2 Å². The molecule has 0 atom stereocenters. The lowest BCUT2D eigenvalue weighted by Crippen LogP contribution is -2.29. The Labute approximate surface area is 107 Å². The third-order valence-electron chi connectivity index (χ3n) is 3.23. The van der Waals surface area contributed by atoms with Crippen molar-refractivity contribution >= 4 is 11.6 Å². The number of pyridine rings is 1. The zero-order chi connectivity index (χ0) is 12.8. The number of hydrogen-bond acceptors (Lipinski definition) is 4. The summed E-state index contributed by atoms with van der Waals surface area (Å²) in [6, 6.07) is 1.64. The summed E-state index contributed by atoms with van der Waals surface area (Å²) in [5, 5.41) is 2.89. The number of nitrogen functional groups attached to an aromatic ring is 1. The molecule has 3 N–H and O–H groups in total. The fourth-order valence-corrected chi connectivity index (χ4v) is 2.22. The second-order valence-corrected chi connectivity index (χ2v) is 4.62. The Morgan fingerprint density at radius 3 is 2.94 bits per heavy atom. The van der Waals surface area contributed by atoms with E-state index in [2.05, 4.69) is 15.2 Å². The second kappa shape index (κ2) is 6.35. The van der Waals surface area contributed by atoms with Crippen molar-refractivity contribution in [3.05, 3.63) is 24.0 Å². The standard InChI is InChI=1S/C13H20N4O/c14-12-10-15-6-4-11(12)13(18)16-5-3-9-17-7-1-2-8-17/h4,6,10H,1-3,5,7-9,14H2,(H,16,18). The van der Waals surface area contributed by atoms with E-state index in [4.69, 9.17) is 5.73 Å². The zero-order valence-electron chi connectivity index (χ0n) is 10.6. The summed E-state index contributed by atoms with van der Waals surface area (Å²) in [7, 11) is 0. The number of carbonyl (C=O) groups excluding carboxylic acids is 1. The minimum absolute atomic E-state index is 0.115. The van der Waals surface area contributed by atoms with Crippen molar-refractivity contribution in [1.29, 1.82) is 0 Å². The summed E-state index contributed by atoms with van der Waals surface area (Å²) >= 11 is 0. The average Bonchev–Trinajstić information content (AvgIpc) is 2.88. The fourth-order valence-electron chi connectivity index (χ4n) is 2.22. The molecule has 0 radical (unpaired) electrons. The van der Waals surface area contributed by atoms with E-state index >= 15 is 0 Å². The number of carbonyl (C=O) groups is 1. The lowest BCUT2D eigenvalue weighted by Gasteiger charge is -2.14. The van der Waals surface area contributed by atoms with Crippen molar-refractivity contribution in [1.82, 2.24) is 15.2 Å². The minimum atomic E-state index is -0.115. The summed E-state index contributed by atoms with van der Waals surface area (Å²) in [5.74, 6) is -0.115. The monoisotopic (exact) mass is 248 g/mol. The summed E-state index contributed by atoms with van der Waals surface area (Å²) < 4.78 is 0. The molecule has 2 heterocycles. The van der Waals surface area contributed by atoms with Gasteiger partial charge < -0.3 is 16.0 Å². The molecule has 1 fully saturated rings. The highest BCUT2D eigenvalue weighted by molar-refractivity contribution is 5.98. The first kappa shape index (κ1) is 12.8. The first-order chi connectivity index (χ1) is 8.77. The SMILES string of the molecule is Nc1cnccc1C(=O)NCCCN1CCCC1. The number of rotatable bonds is 5. The molecule has 1 amide bonds. The van der Waals surface area contributed by atoms with E-state index in [0.717, 1.165) is 13.0 Å². The van der Waals surface area contributed by atoms with Crippen molar-refractivity contribution in [2.75, 3.05) is 31.9 Å². The lowest BCUT2D eigenvalue weighted by molar-refractivity contribution is 0.0953. The maximum absolute atomic E-state index is 11.8. The number of amides is 1. The predicted molar refractivity (Wildman–Crippen MR) is 71.3 cm³/mol. The lowest BCUT2D eigenvalue weighted by atomic mass is 10.2. The molecule has 18 heavy (non-hydrogen) atoms. The van der Waals surface area contributed by atoms with Gasteiger partial charge in [0.05, 0.1) is 17.4 Å². The van der Waals surface area contributed by atoms with Gasteiger partial charge in [0, 0.05) is 12.7 Å². The maximum Gasteiger partial charge on any atom is 0.253 e. The molecule has 1 aliphatic rings. The molecule has 0 unspecified atom stereocenters. The van der Waals surface area contributed by atoms with Crippen LogP contribution in [0.2, 0.25) is 0 Å². The van der Waals surface area contributed by atoms with Crippen molar-refractivity contribution < 1.29 is 4.79 Å². The van der Waals surface area contributed by atoms with Gasteiger partial charge in [-0.2, -0.15) is 0 Å². The summed E-state index contributed by atoms with van der Waals surface area (Å²) in [6.07, 6.45) is 6.67. The Bertz CT molecular complexity index is 402. The Morgan fingerprint density at radius 2 is 2.22 bits per heavy atom. The van der Waals surface area contributed by atoms with Crippen LogP contribution in [0.15, 0.2) is 18.5 Å². The Hall–Kier alpha value is -1.62. The van der Waals surface area contributed by atoms with Gasteiger partial charge >= 0.3 is 0 Å². The van der Waals surface area contributed by atoms with Crippen LogP contribution >= 0.6 is 0 Å². The summed E-state index contributed by atoms with van der Waals surface area (Å²) in [4.78, 5) is 18.1. The number of likely N-dealkylation sites (tertiary alicyclic amines) is 1. The molecule has 5 heteroatoms. The second-order valence-electron chi connectivity index (χ2n) is 4.62. The van der Waals surface area contributed by atoms with Crippen LogP contribution < -0.4 is 11.1 Å². The fraction of sp³-hybridized carbons (Fsp3) is 0.538. The largest absolute Gasteiger partial charge is 0.397 e. The molecule has 0 bridgehead atoms. The van der Waals surface area contributed by atoms with E-state index in [-0.39, 0.29) is 5.91 Å². The molecule has 1 saturated heterocycles. The van der Waals surface area contributed by atoms with Crippen LogP contribution in [0.1, 0.15) is 29.6 Å². The van der Waals surface area contributed by atoms with Gasteiger partial charge in [0.2, 0.25) is 0 Å². The normalized spacial score (nSPS) is 15.8. The van der Waals surface area contributed by atoms with Crippen LogP contribution in [0.5, 0.6) is 0 Å². The van der Waals surface area contributed by atoms with Gasteiger partial charge in [-0.1, -0.05) is 0 Å². The van der Waals surface area contributed by atoms with Crippen LogP contribution in [-0.4, -0.2) is 42.0 Å². The quantitative estimate of drug-likeness (QED) is 0.759.